The summed E-state index contributed by atoms with van der Waals surface area (Å²) in [6, 6.07) is 0. The van der Waals surface area contributed by atoms with Gasteiger partial charge < -0.3 is 15.2 Å². The predicted molar refractivity (Wildman–Crippen MR) is 61.9 cm³/mol. The molecular formula is C12H25NO2. The average Bonchev–Trinajstić information content (AvgIpc) is 2.42. The lowest BCUT2D eigenvalue weighted by Gasteiger charge is -2.32. The third-order valence-corrected chi connectivity index (χ3v) is 3.58. The molecule has 1 rings (SSSR count). The SMILES string of the molecule is COCCNC1(CO)CCCC(C)CC1. The zero-order valence-electron chi connectivity index (χ0n) is 10.1. The van der Waals surface area contributed by atoms with Crippen LogP contribution in [0.4, 0.5) is 0 Å². The third kappa shape index (κ3) is 4.09. The van der Waals surface area contributed by atoms with Crippen molar-refractivity contribution in [2.24, 2.45) is 5.92 Å². The van der Waals surface area contributed by atoms with Gasteiger partial charge in [0.15, 0.2) is 0 Å². The van der Waals surface area contributed by atoms with Crippen LogP contribution in [0.2, 0.25) is 0 Å². The molecule has 0 amide bonds. The van der Waals surface area contributed by atoms with Crippen LogP contribution in [0.3, 0.4) is 0 Å². The summed E-state index contributed by atoms with van der Waals surface area (Å²) >= 11 is 0. The fourth-order valence-corrected chi connectivity index (χ4v) is 2.39. The second-order valence-electron chi connectivity index (χ2n) is 4.89. The zero-order chi connectivity index (χ0) is 11.1. The Kier molecular flexibility index (Phi) is 5.58. The molecule has 0 aromatic rings. The highest BCUT2D eigenvalue weighted by atomic mass is 16.5. The number of aliphatic hydroxyl groups is 1. The van der Waals surface area contributed by atoms with Crippen molar-refractivity contribution in [3.8, 4) is 0 Å². The Labute approximate surface area is 93.2 Å². The van der Waals surface area contributed by atoms with Gasteiger partial charge in [-0.15, -0.1) is 0 Å². The molecule has 2 atom stereocenters. The lowest BCUT2D eigenvalue weighted by molar-refractivity contribution is 0.125. The Morgan fingerprint density at radius 3 is 2.87 bits per heavy atom. The van der Waals surface area contributed by atoms with E-state index < -0.39 is 0 Å². The van der Waals surface area contributed by atoms with Crippen LogP contribution in [0.25, 0.3) is 0 Å². The van der Waals surface area contributed by atoms with Crippen LogP contribution in [0.1, 0.15) is 39.0 Å². The van der Waals surface area contributed by atoms with Crippen LogP contribution in [0.15, 0.2) is 0 Å². The van der Waals surface area contributed by atoms with E-state index in [1.807, 2.05) is 0 Å². The number of rotatable bonds is 5. The Balaban J connectivity index is 2.42. The van der Waals surface area contributed by atoms with E-state index in [9.17, 15) is 5.11 Å². The van der Waals surface area contributed by atoms with Gasteiger partial charge in [0.05, 0.1) is 13.2 Å². The Bertz CT molecular complexity index is 175. The van der Waals surface area contributed by atoms with E-state index in [4.69, 9.17) is 4.74 Å². The second kappa shape index (κ2) is 6.46. The molecule has 0 aromatic heterocycles. The van der Waals surface area contributed by atoms with Crippen molar-refractivity contribution in [1.29, 1.82) is 0 Å². The molecule has 1 aliphatic rings. The molecule has 15 heavy (non-hydrogen) atoms. The highest BCUT2D eigenvalue weighted by Crippen LogP contribution is 2.29. The molecule has 0 bridgehead atoms. The molecule has 0 aliphatic heterocycles. The summed E-state index contributed by atoms with van der Waals surface area (Å²) in [5.41, 5.74) is -0.0384. The molecule has 0 heterocycles. The van der Waals surface area contributed by atoms with Crippen molar-refractivity contribution in [3.05, 3.63) is 0 Å². The number of nitrogens with one attached hydrogen (secondary N) is 1. The van der Waals surface area contributed by atoms with Crippen LogP contribution in [0.5, 0.6) is 0 Å². The van der Waals surface area contributed by atoms with E-state index in [0.717, 1.165) is 31.9 Å². The van der Waals surface area contributed by atoms with Crippen molar-refractivity contribution in [3.63, 3.8) is 0 Å². The average molecular weight is 215 g/mol. The van der Waals surface area contributed by atoms with Gasteiger partial charge in [-0.3, -0.25) is 0 Å². The van der Waals surface area contributed by atoms with Crippen molar-refractivity contribution in [2.45, 2.75) is 44.6 Å². The molecular weight excluding hydrogens is 190 g/mol. The summed E-state index contributed by atoms with van der Waals surface area (Å²) in [4.78, 5) is 0. The smallest absolute Gasteiger partial charge is 0.0613 e. The van der Waals surface area contributed by atoms with Crippen LogP contribution in [-0.2, 0) is 4.74 Å². The molecule has 1 fully saturated rings. The molecule has 3 heteroatoms. The number of hydrogen-bond donors (Lipinski definition) is 2. The normalized spacial score (nSPS) is 32.6. The van der Waals surface area contributed by atoms with E-state index in [2.05, 4.69) is 12.2 Å². The van der Waals surface area contributed by atoms with Gasteiger partial charge in [-0.1, -0.05) is 19.8 Å². The fraction of sp³-hybridized carbons (Fsp3) is 1.00. The number of ether oxygens (including phenoxy) is 1. The Hall–Kier alpha value is -0.120. The maximum atomic E-state index is 9.55. The van der Waals surface area contributed by atoms with Gasteiger partial charge in [-0.25, -0.2) is 0 Å². The van der Waals surface area contributed by atoms with Crippen LogP contribution in [0, 0.1) is 5.92 Å². The highest BCUT2D eigenvalue weighted by molar-refractivity contribution is 4.90. The number of aliphatic hydroxyl groups excluding tert-OH is 1. The lowest BCUT2D eigenvalue weighted by Crippen LogP contribution is -2.49. The Morgan fingerprint density at radius 1 is 1.40 bits per heavy atom. The zero-order valence-corrected chi connectivity index (χ0v) is 10.1. The molecule has 0 saturated heterocycles. The van der Waals surface area contributed by atoms with E-state index in [-0.39, 0.29) is 12.1 Å². The standard InChI is InChI=1S/C12H25NO2/c1-11-4-3-6-12(10-14,7-5-11)13-8-9-15-2/h11,13-14H,3-10H2,1-2H3. The van der Waals surface area contributed by atoms with Gasteiger partial charge in [-0.05, 0) is 25.2 Å². The summed E-state index contributed by atoms with van der Waals surface area (Å²) in [5.74, 6) is 0.808. The summed E-state index contributed by atoms with van der Waals surface area (Å²) in [6.07, 6.45) is 5.93. The third-order valence-electron chi connectivity index (χ3n) is 3.58. The maximum absolute atomic E-state index is 9.55. The highest BCUT2D eigenvalue weighted by Gasteiger charge is 2.30. The molecule has 1 saturated carbocycles. The van der Waals surface area contributed by atoms with Crippen molar-refractivity contribution < 1.29 is 9.84 Å². The topological polar surface area (TPSA) is 41.5 Å². The maximum Gasteiger partial charge on any atom is 0.0613 e. The molecule has 0 spiro atoms. The second-order valence-corrected chi connectivity index (χ2v) is 4.89. The Morgan fingerprint density at radius 2 is 2.20 bits per heavy atom. The first kappa shape index (κ1) is 12.9. The molecule has 2 N–H and O–H groups in total. The minimum absolute atomic E-state index is 0.0384. The van der Waals surface area contributed by atoms with E-state index in [1.54, 1.807) is 7.11 Å². The molecule has 0 aromatic carbocycles. The summed E-state index contributed by atoms with van der Waals surface area (Å²) < 4.78 is 5.03. The van der Waals surface area contributed by atoms with Gasteiger partial charge in [0, 0.05) is 19.2 Å². The summed E-state index contributed by atoms with van der Waals surface area (Å²) in [6.45, 7) is 4.12. The first-order valence-electron chi connectivity index (χ1n) is 6.07. The fourth-order valence-electron chi connectivity index (χ4n) is 2.39. The van der Waals surface area contributed by atoms with E-state index in [1.165, 1.54) is 19.3 Å². The van der Waals surface area contributed by atoms with Crippen LogP contribution < -0.4 is 5.32 Å². The molecule has 1 aliphatic carbocycles. The van der Waals surface area contributed by atoms with Crippen LogP contribution in [-0.4, -0.2) is 37.5 Å². The van der Waals surface area contributed by atoms with Gasteiger partial charge in [0.25, 0.3) is 0 Å². The number of hydrogen-bond acceptors (Lipinski definition) is 3. The molecule has 2 unspecified atom stereocenters. The number of methoxy groups -OCH3 is 1. The van der Waals surface area contributed by atoms with E-state index in [0.29, 0.717) is 0 Å². The lowest BCUT2D eigenvalue weighted by atomic mass is 9.90. The monoisotopic (exact) mass is 215 g/mol. The van der Waals surface area contributed by atoms with Gasteiger partial charge in [0.2, 0.25) is 0 Å². The summed E-state index contributed by atoms with van der Waals surface area (Å²) in [7, 11) is 1.71. The first-order valence-corrected chi connectivity index (χ1v) is 6.07. The largest absolute Gasteiger partial charge is 0.394 e. The predicted octanol–water partition coefficient (Wildman–Crippen LogP) is 1.55. The van der Waals surface area contributed by atoms with Gasteiger partial charge in [0.1, 0.15) is 0 Å². The van der Waals surface area contributed by atoms with E-state index >= 15 is 0 Å². The first-order chi connectivity index (χ1) is 7.22. The van der Waals surface area contributed by atoms with Crippen LogP contribution >= 0.6 is 0 Å². The van der Waals surface area contributed by atoms with Crippen molar-refractivity contribution in [1.82, 2.24) is 5.32 Å². The minimum atomic E-state index is -0.0384. The van der Waals surface area contributed by atoms with Crippen molar-refractivity contribution >= 4 is 0 Å². The minimum Gasteiger partial charge on any atom is -0.394 e. The van der Waals surface area contributed by atoms with Crippen molar-refractivity contribution in [2.75, 3.05) is 26.9 Å². The molecule has 90 valence electrons. The molecule has 0 radical (unpaired) electrons. The van der Waals surface area contributed by atoms with Gasteiger partial charge >= 0.3 is 0 Å². The molecule has 3 nitrogen and oxygen atoms in total. The quantitative estimate of drug-likeness (QED) is 0.540. The summed E-state index contributed by atoms with van der Waals surface area (Å²) in [5, 5.41) is 13.0. The van der Waals surface area contributed by atoms with Gasteiger partial charge in [-0.2, -0.15) is 0 Å².